The predicted octanol–water partition coefficient (Wildman–Crippen LogP) is 3.39. The zero-order valence-corrected chi connectivity index (χ0v) is 14.5. The largest absolute Gasteiger partial charge is 0.489 e. The summed E-state index contributed by atoms with van der Waals surface area (Å²) in [5.74, 6) is 0.467. The minimum atomic E-state index is -4.50. The maximum atomic E-state index is 12.7. The van der Waals surface area contributed by atoms with Crippen LogP contribution in [0.1, 0.15) is 12.1 Å². The Morgan fingerprint density at radius 1 is 1.25 bits per heavy atom. The molecule has 1 unspecified atom stereocenters. The zero-order valence-electron chi connectivity index (χ0n) is 14.5. The van der Waals surface area contributed by atoms with Crippen LogP contribution in [0, 0.1) is 0 Å². The van der Waals surface area contributed by atoms with Crippen molar-refractivity contribution in [1.29, 1.82) is 0 Å². The monoisotopic (exact) mass is 395 g/mol. The van der Waals surface area contributed by atoms with Crippen LogP contribution in [0.4, 0.5) is 18.0 Å². The van der Waals surface area contributed by atoms with Crippen LogP contribution in [0.3, 0.4) is 0 Å². The summed E-state index contributed by atoms with van der Waals surface area (Å²) in [5.41, 5.74) is 5.54. The number of benzene rings is 1. The number of pyridine rings is 1. The van der Waals surface area contributed by atoms with E-state index in [2.05, 4.69) is 14.9 Å². The van der Waals surface area contributed by atoms with Gasteiger partial charge in [0.1, 0.15) is 24.7 Å². The summed E-state index contributed by atoms with van der Waals surface area (Å²) >= 11 is 0. The molecule has 148 valence electrons. The molecule has 0 aliphatic carbocycles. The van der Waals surface area contributed by atoms with Gasteiger partial charge in [-0.3, -0.25) is 4.98 Å². The lowest BCUT2D eigenvalue weighted by Crippen LogP contribution is -2.21. The number of hydrogen-bond donors (Lipinski definition) is 1. The van der Waals surface area contributed by atoms with Gasteiger partial charge in [-0.25, -0.2) is 4.79 Å². The fourth-order valence-electron chi connectivity index (χ4n) is 2.55. The third-order valence-electron chi connectivity index (χ3n) is 3.85. The van der Waals surface area contributed by atoms with Gasteiger partial charge in [0, 0.05) is 23.7 Å². The molecule has 0 saturated heterocycles. The molecular weight excluding hydrogens is 379 g/mol. The molecule has 7 nitrogen and oxygen atoms in total. The lowest BCUT2D eigenvalue weighted by molar-refractivity contribution is -0.141. The third kappa shape index (κ3) is 4.90. The lowest BCUT2D eigenvalue weighted by atomic mass is 10.1. The fourth-order valence-corrected chi connectivity index (χ4v) is 2.55. The average Bonchev–Trinajstić information content (AvgIpc) is 3.12. The van der Waals surface area contributed by atoms with Crippen molar-refractivity contribution in [3.63, 3.8) is 0 Å². The van der Waals surface area contributed by atoms with Crippen molar-refractivity contribution in [2.24, 2.45) is 10.9 Å². The highest BCUT2D eigenvalue weighted by molar-refractivity contribution is 5.88. The van der Waals surface area contributed by atoms with E-state index in [0.29, 0.717) is 29.0 Å². The average molecular weight is 395 g/mol. The van der Waals surface area contributed by atoms with Gasteiger partial charge in [-0.1, -0.05) is 29.4 Å². The first-order chi connectivity index (χ1) is 13.3. The Bertz CT molecular complexity index is 869. The summed E-state index contributed by atoms with van der Waals surface area (Å²) in [7, 11) is 0. The van der Waals surface area contributed by atoms with Gasteiger partial charge in [-0.2, -0.15) is 13.2 Å². The second-order valence-electron chi connectivity index (χ2n) is 5.93. The second kappa shape index (κ2) is 8.15. The maximum Gasteiger partial charge on any atom is 0.433 e. The van der Waals surface area contributed by atoms with Gasteiger partial charge in [-0.05, 0) is 12.1 Å². The molecule has 2 heterocycles. The molecule has 0 radical (unpaired) electrons. The van der Waals surface area contributed by atoms with Crippen molar-refractivity contribution in [1.82, 2.24) is 4.98 Å². The summed E-state index contributed by atoms with van der Waals surface area (Å²) in [6.45, 7) is 0.0916. The number of primary amides is 1. The SMILES string of the molecule is NC(=O)OCC1=NOC(COc2ccccc2-c2ccc(C(F)(F)F)nc2)C1. The molecule has 1 aromatic heterocycles. The van der Waals surface area contributed by atoms with E-state index in [1.807, 2.05) is 0 Å². The molecule has 1 aliphatic rings. The van der Waals surface area contributed by atoms with E-state index in [9.17, 15) is 18.0 Å². The third-order valence-corrected chi connectivity index (χ3v) is 3.85. The number of para-hydroxylation sites is 1. The number of alkyl halides is 3. The number of hydrogen-bond acceptors (Lipinski definition) is 6. The Morgan fingerprint density at radius 2 is 2.04 bits per heavy atom. The van der Waals surface area contributed by atoms with Gasteiger partial charge in [0.05, 0.1) is 5.71 Å². The van der Waals surface area contributed by atoms with E-state index < -0.39 is 18.0 Å². The number of rotatable bonds is 6. The molecule has 0 spiro atoms. The highest BCUT2D eigenvalue weighted by Gasteiger charge is 2.32. The van der Waals surface area contributed by atoms with E-state index in [1.54, 1.807) is 24.3 Å². The van der Waals surface area contributed by atoms with Crippen molar-refractivity contribution in [2.75, 3.05) is 13.2 Å². The Kier molecular flexibility index (Phi) is 5.67. The lowest BCUT2D eigenvalue weighted by Gasteiger charge is -2.14. The zero-order chi connectivity index (χ0) is 20.1. The molecule has 0 fully saturated rings. The number of carbonyl (C=O) groups is 1. The first kappa shape index (κ1) is 19.5. The number of ether oxygens (including phenoxy) is 2. The molecule has 1 amide bonds. The molecule has 0 bridgehead atoms. The van der Waals surface area contributed by atoms with Crippen molar-refractivity contribution < 1.29 is 32.3 Å². The first-order valence-corrected chi connectivity index (χ1v) is 8.22. The highest BCUT2D eigenvalue weighted by Crippen LogP contribution is 2.32. The van der Waals surface area contributed by atoms with Crippen LogP contribution < -0.4 is 10.5 Å². The smallest absolute Gasteiger partial charge is 0.433 e. The van der Waals surface area contributed by atoms with Crippen LogP contribution >= 0.6 is 0 Å². The van der Waals surface area contributed by atoms with Crippen molar-refractivity contribution in [3.05, 3.63) is 48.3 Å². The van der Waals surface area contributed by atoms with Crippen molar-refractivity contribution in [3.8, 4) is 16.9 Å². The number of amides is 1. The highest BCUT2D eigenvalue weighted by atomic mass is 19.4. The number of oxime groups is 1. The summed E-state index contributed by atoms with van der Waals surface area (Å²) in [6.07, 6.45) is -4.23. The number of nitrogens with two attached hydrogens (primary N) is 1. The van der Waals surface area contributed by atoms with Gasteiger partial charge in [-0.15, -0.1) is 0 Å². The maximum absolute atomic E-state index is 12.7. The van der Waals surface area contributed by atoms with Crippen LogP contribution in [0.15, 0.2) is 47.8 Å². The number of nitrogens with zero attached hydrogens (tertiary/aromatic N) is 2. The van der Waals surface area contributed by atoms with E-state index in [-0.39, 0.29) is 19.3 Å². The first-order valence-electron chi connectivity index (χ1n) is 8.22. The quantitative estimate of drug-likeness (QED) is 0.809. The molecule has 1 aromatic carbocycles. The number of halogens is 3. The molecule has 0 saturated carbocycles. The van der Waals surface area contributed by atoms with E-state index >= 15 is 0 Å². The second-order valence-corrected chi connectivity index (χ2v) is 5.93. The number of carbonyl (C=O) groups excluding carboxylic acids is 1. The van der Waals surface area contributed by atoms with Crippen LogP contribution in [0.25, 0.3) is 11.1 Å². The Labute approximate surface area is 157 Å². The fraction of sp³-hybridized carbons (Fsp3) is 0.278. The topological polar surface area (TPSA) is 96.0 Å². The van der Waals surface area contributed by atoms with E-state index in [4.69, 9.17) is 15.3 Å². The Balaban J connectivity index is 1.63. The van der Waals surface area contributed by atoms with Crippen molar-refractivity contribution >= 4 is 11.8 Å². The van der Waals surface area contributed by atoms with Gasteiger partial charge in [0.25, 0.3) is 0 Å². The molecule has 3 rings (SSSR count). The van der Waals surface area contributed by atoms with E-state index in [1.165, 1.54) is 6.07 Å². The van der Waals surface area contributed by atoms with Gasteiger partial charge < -0.3 is 20.0 Å². The molecule has 1 atom stereocenters. The molecular formula is C18H16F3N3O4. The Morgan fingerprint density at radius 3 is 2.71 bits per heavy atom. The van der Waals surface area contributed by atoms with E-state index in [0.717, 1.165) is 12.3 Å². The van der Waals surface area contributed by atoms with Crippen molar-refractivity contribution in [2.45, 2.75) is 18.7 Å². The van der Waals surface area contributed by atoms with Crippen LogP contribution in [-0.4, -0.2) is 36.1 Å². The number of aromatic nitrogens is 1. The summed E-state index contributed by atoms with van der Waals surface area (Å²) in [5, 5.41) is 3.80. The minimum absolute atomic E-state index is 0.0559. The van der Waals surface area contributed by atoms with Crippen LogP contribution in [-0.2, 0) is 15.8 Å². The standard InChI is InChI=1S/C18H16F3N3O4/c19-18(20,21)16-6-5-11(8-23-16)14-3-1-2-4-15(14)26-10-13-7-12(24-28-13)9-27-17(22)25/h1-6,8,13H,7,9-10H2,(H2,22,25). The van der Waals surface area contributed by atoms with Gasteiger partial charge >= 0.3 is 12.3 Å². The molecule has 1 aliphatic heterocycles. The molecule has 2 aromatic rings. The summed E-state index contributed by atoms with van der Waals surface area (Å²) < 4.78 is 48.5. The van der Waals surface area contributed by atoms with Crippen LogP contribution in [0.2, 0.25) is 0 Å². The molecule has 10 heteroatoms. The minimum Gasteiger partial charge on any atom is -0.489 e. The normalized spacial score (nSPS) is 16.2. The van der Waals surface area contributed by atoms with Crippen LogP contribution in [0.5, 0.6) is 5.75 Å². The summed E-state index contributed by atoms with van der Waals surface area (Å²) in [4.78, 5) is 19.3. The summed E-state index contributed by atoms with van der Waals surface area (Å²) in [6, 6.07) is 9.16. The van der Waals surface area contributed by atoms with Gasteiger partial charge in [0.2, 0.25) is 0 Å². The Hall–Kier alpha value is -3.30. The molecule has 2 N–H and O–H groups in total. The predicted molar refractivity (Wildman–Crippen MR) is 92.6 cm³/mol. The van der Waals surface area contributed by atoms with Gasteiger partial charge in [0.15, 0.2) is 6.10 Å². The molecule has 28 heavy (non-hydrogen) atoms.